The highest BCUT2D eigenvalue weighted by Gasteiger charge is 2.12. The molecule has 118 valence electrons. The van der Waals surface area contributed by atoms with Crippen molar-refractivity contribution in [3.05, 3.63) is 42.2 Å². The molecule has 0 spiro atoms. The fourth-order valence-electron chi connectivity index (χ4n) is 1.92. The van der Waals surface area contributed by atoms with Gasteiger partial charge in [-0.15, -0.1) is 0 Å². The van der Waals surface area contributed by atoms with Gasteiger partial charge in [-0.25, -0.2) is 9.97 Å². The van der Waals surface area contributed by atoms with Gasteiger partial charge in [0.1, 0.15) is 18.1 Å². The van der Waals surface area contributed by atoms with Crippen molar-refractivity contribution in [2.45, 2.75) is 6.29 Å². The highest BCUT2D eigenvalue weighted by molar-refractivity contribution is 5.56. The van der Waals surface area contributed by atoms with Crippen LogP contribution in [0.4, 0.5) is 0 Å². The van der Waals surface area contributed by atoms with Crippen molar-refractivity contribution < 1.29 is 18.9 Å². The van der Waals surface area contributed by atoms with E-state index in [1.54, 1.807) is 33.6 Å². The lowest BCUT2D eigenvalue weighted by Crippen LogP contribution is -2.07. The standard InChI is InChI=1S/C16H20N2O4/c1-19-10-11-22-13-6-4-12(5-7-13)15-17-9-8-14(18-15)16(20-2)21-3/h4-9,16H,10-11H2,1-3H3. The lowest BCUT2D eigenvalue weighted by Gasteiger charge is -2.13. The van der Waals surface area contributed by atoms with Crippen LogP contribution in [0.15, 0.2) is 36.5 Å². The molecule has 6 nitrogen and oxygen atoms in total. The van der Waals surface area contributed by atoms with Gasteiger partial charge in [-0.3, -0.25) is 0 Å². The molecule has 0 unspecified atom stereocenters. The number of rotatable bonds is 8. The molecule has 0 aliphatic carbocycles. The molecular weight excluding hydrogens is 284 g/mol. The van der Waals surface area contributed by atoms with Crippen molar-refractivity contribution >= 4 is 0 Å². The summed E-state index contributed by atoms with van der Waals surface area (Å²) >= 11 is 0. The van der Waals surface area contributed by atoms with Gasteiger partial charge in [0.15, 0.2) is 5.82 Å². The summed E-state index contributed by atoms with van der Waals surface area (Å²) < 4.78 is 20.9. The number of hydrogen-bond donors (Lipinski definition) is 0. The molecule has 0 aliphatic rings. The zero-order valence-corrected chi connectivity index (χ0v) is 13.0. The monoisotopic (exact) mass is 304 g/mol. The Morgan fingerprint density at radius 2 is 1.68 bits per heavy atom. The zero-order chi connectivity index (χ0) is 15.8. The third-order valence-corrected chi connectivity index (χ3v) is 3.02. The Balaban J connectivity index is 2.12. The van der Waals surface area contributed by atoms with E-state index >= 15 is 0 Å². The fourth-order valence-corrected chi connectivity index (χ4v) is 1.92. The lowest BCUT2D eigenvalue weighted by molar-refractivity contribution is -0.108. The van der Waals surface area contributed by atoms with Crippen LogP contribution in [0.25, 0.3) is 11.4 Å². The SMILES string of the molecule is COCCOc1ccc(-c2nccc(C(OC)OC)n2)cc1. The Morgan fingerprint density at radius 3 is 2.32 bits per heavy atom. The third kappa shape index (κ3) is 4.24. The van der Waals surface area contributed by atoms with Crippen LogP contribution in [-0.4, -0.2) is 44.5 Å². The van der Waals surface area contributed by atoms with Crippen LogP contribution in [-0.2, 0) is 14.2 Å². The molecule has 0 radical (unpaired) electrons. The van der Waals surface area contributed by atoms with Crippen molar-refractivity contribution in [2.24, 2.45) is 0 Å². The van der Waals surface area contributed by atoms with Gasteiger partial charge in [0.25, 0.3) is 0 Å². The summed E-state index contributed by atoms with van der Waals surface area (Å²) in [5.41, 5.74) is 1.57. The first-order valence-electron chi connectivity index (χ1n) is 6.89. The van der Waals surface area contributed by atoms with Crippen LogP contribution >= 0.6 is 0 Å². The Kier molecular flexibility index (Phi) is 6.27. The summed E-state index contributed by atoms with van der Waals surface area (Å²) in [5, 5.41) is 0. The summed E-state index contributed by atoms with van der Waals surface area (Å²) in [6.07, 6.45) is 1.18. The molecule has 0 atom stereocenters. The molecule has 2 rings (SSSR count). The molecule has 0 fully saturated rings. The molecule has 1 aromatic heterocycles. The van der Waals surface area contributed by atoms with Crippen LogP contribution in [0.1, 0.15) is 12.0 Å². The van der Waals surface area contributed by atoms with E-state index in [9.17, 15) is 0 Å². The molecule has 0 saturated carbocycles. The number of nitrogens with zero attached hydrogens (tertiary/aromatic N) is 2. The van der Waals surface area contributed by atoms with Crippen molar-refractivity contribution in [1.29, 1.82) is 0 Å². The molecule has 6 heteroatoms. The minimum Gasteiger partial charge on any atom is -0.491 e. The van der Waals surface area contributed by atoms with Gasteiger partial charge < -0.3 is 18.9 Å². The third-order valence-electron chi connectivity index (χ3n) is 3.02. The molecule has 0 saturated heterocycles. The second-order valence-corrected chi connectivity index (χ2v) is 4.47. The highest BCUT2D eigenvalue weighted by Crippen LogP contribution is 2.21. The Labute approximate surface area is 130 Å². The summed E-state index contributed by atoms with van der Waals surface area (Å²) in [6, 6.07) is 9.35. The minimum absolute atomic E-state index is 0.501. The van der Waals surface area contributed by atoms with Crippen molar-refractivity contribution in [3.8, 4) is 17.1 Å². The van der Waals surface area contributed by atoms with Gasteiger partial charge in [0.05, 0.1) is 6.61 Å². The van der Waals surface area contributed by atoms with Crippen LogP contribution in [0.3, 0.4) is 0 Å². The molecular formula is C16H20N2O4. The van der Waals surface area contributed by atoms with Crippen molar-refractivity contribution in [3.63, 3.8) is 0 Å². The molecule has 0 amide bonds. The Morgan fingerprint density at radius 1 is 0.955 bits per heavy atom. The van der Waals surface area contributed by atoms with E-state index in [0.717, 1.165) is 11.3 Å². The molecule has 0 N–H and O–H groups in total. The second kappa shape index (κ2) is 8.43. The number of aromatic nitrogens is 2. The highest BCUT2D eigenvalue weighted by atomic mass is 16.7. The lowest BCUT2D eigenvalue weighted by atomic mass is 10.2. The van der Waals surface area contributed by atoms with Gasteiger partial charge in [-0.05, 0) is 30.3 Å². The summed E-state index contributed by atoms with van der Waals surface area (Å²) in [7, 11) is 4.79. The number of benzene rings is 1. The van der Waals surface area contributed by atoms with E-state index < -0.39 is 6.29 Å². The summed E-state index contributed by atoms with van der Waals surface area (Å²) in [4.78, 5) is 8.75. The van der Waals surface area contributed by atoms with Gasteiger partial charge in [0, 0.05) is 33.1 Å². The minimum atomic E-state index is -0.501. The van der Waals surface area contributed by atoms with Gasteiger partial charge in [-0.1, -0.05) is 0 Å². The fraction of sp³-hybridized carbons (Fsp3) is 0.375. The van der Waals surface area contributed by atoms with Crippen molar-refractivity contribution in [1.82, 2.24) is 9.97 Å². The normalized spacial score (nSPS) is 10.9. The maximum Gasteiger partial charge on any atom is 0.200 e. The Bertz CT molecular complexity index is 571. The van der Waals surface area contributed by atoms with E-state index in [-0.39, 0.29) is 0 Å². The second-order valence-electron chi connectivity index (χ2n) is 4.47. The predicted molar refractivity (Wildman–Crippen MR) is 81.6 cm³/mol. The largest absolute Gasteiger partial charge is 0.491 e. The topological polar surface area (TPSA) is 62.7 Å². The quantitative estimate of drug-likeness (QED) is 0.551. The smallest absolute Gasteiger partial charge is 0.200 e. The summed E-state index contributed by atoms with van der Waals surface area (Å²) in [6.45, 7) is 1.08. The average molecular weight is 304 g/mol. The van der Waals surface area contributed by atoms with E-state index in [2.05, 4.69) is 9.97 Å². The molecule has 1 aromatic carbocycles. The van der Waals surface area contributed by atoms with Crippen molar-refractivity contribution in [2.75, 3.05) is 34.5 Å². The first-order valence-corrected chi connectivity index (χ1v) is 6.89. The zero-order valence-electron chi connectivity index (χ0n) is 13.0. The van der Waals surface area contributed by atoms with Crippen LogP contribution in [0, 0.1) is 0 Å². The van der Waals surface area contributed by atoms with Gasteiger partial charge in [0.2, 0.25) is 6.29 Å². The summed E-state index contributed by atoms with van der Waals surface area (Å²) in [5.74, 6) is 1.39. The maximum absolute atomic E-state index is 5.53. The number of methoxy groups -OCH3 is 3. The molecule has 0 aliphatic heterocycles. The van der Waals surface area contributed by atoms with Crippen LogP contribution in [0.2, 0.25) is 0 Å². The Hall–Kier alpha value is -2.02. The predicted octanol–water partition coefficient (Wildman–Crippen LogP) is 2.46. The average Bonchev–Trinajstić information content (AvgIpc) is 2.57. The molecule has 0 bridgehead atoms. The van der Waals surface area contributed by atoms with Crippen LogP contribution < -0.4 is 4.74 Å². The van der Waals surface area contributed by atoms with E-state index in [1.807, 2.05) is 24.3 Å². The maximum atomic E-state index is 5.53. The molecule has 2 aromatic rings. The first kappa shape index (κ1) is 16.4. The van der Waals surface area contributed by atoms with E-state index in [0.29, 0.717) is 24.7 Å². The number of hydrogen-bond acceptors (Lipinski definition) is 6. The van der Waals surface area contributed by atoms with E-state index in [1.165, 1.54) is 0 Å². The van der Waals surface area contributed by atoms with Crippen LogP contribution in [0.5, 0.6) is 5.75 Å². The van der Waals surface area contributed by atoms with E-state index in [4.69, 9.17) is 18.9 Å². The number of ether oxygens (including phenoxy) is 4. The molecule has 1 heterocycles. The molecule has 22 heavy (non-hydrogen) atoms. The van der Waals surface area contributed by atoms with Gasteiger partial charge >= 0.3 is 0 Å². The van der Waals surface area contributed by atoms with Gasteiger partial charge in [-0.2, -0.15) is 0 Å². The first-order chi connectivity index (χ1) is 10.8.